The van der Waals surface area contributed by atoms with Gasteiger partial charge in [-0.2, -0.15) is 5.26 Å². The molecular weight excluding hydrogens is 201 g/mol. The monoisotopic (exact) mass is 211 g/mol. The predicted octanol–water partition coefficient (Wildman–Crippen LogP) is -1.97. The molecule has 1 fully saturated rings. The SMILES string of the molecule is N#COBNC(=O)NCN1CCNC1=O. The molecule has 0 aromatic carbocycles. The maximum atomic E-state index is 11.0. The summed E-state index contributed by atoms with van der Waals surface area (Å²) in [4.78, 5) is 23.5. The van der Waals surface area contributed by atoms with E-state index >= 15 is 0 Å². The third-order valence-electron chi connectivity index (χ3n) is 1.75. The summed E-state index contributed by atoms with van der Waals surface area (Å²) in [5.74, 6) is 0. The van der Waals surface area contributed by atoms with Crippen molar-refractivity contribution in [3.63, 3.8) is 0 Å². The standard InChI is InChI=1S/C6H10BN5O3/c8-3-15-7-11-5(13)10-4-12-2-1-9-6(12)14/h7H,1-2,4H2,(H,9,14)(H2,10,11,13). The highest BCUT2D eigenvalue weighted by Gasteiger charge is 2.19. The molecule has 0 saturated carbocycles. The van der Waals surface area contributed by atoms with Crippen molar-refractivity contribution in [3.05, 3.63) is 0 Å². The van der Waals surface area contributed by atoms with Gasteiger partial charge in [0, 0.05) is 13.1 Å². The summed E-state index contributed by atoms with van der Waals surface area (Å²) in [5, 5.41) is 15.3. The lowest BCUT2D eigenvalue weighted by atomic mass is 10.3. The van der Waals surface area contributed by atoms with Gasteiger partial charge in [0.15, 0.2) is 0 Å². The molecule has 1 aliphatic rings. The van der Waals surface area contributed by atoms with Crippen LogP contribution in [-0.4, -0.2) is 44.3 Å². The van der Waals surface area contributed by atoms with Crippen LogP contribution in [0.1, 0.15) is 0 Å². The zero-order chi connectivity index (χ0) is 11.1. The van der Waals surface area contributed by atoms with E-state index in [1.807, 2.05) is 0 Å². The molecule has 1 rings (SSSR count). The van der Waals surface area contributed by atoms with Crippen LogP contribution in [0.3, 0.4) is 0 Å². The molecule has 0 bridgehead atoms. The highest BCUT2D eigenvalue weighted by Crippen LogP contribution is 1.92. The first kappa shape index (κ1) is 11.0. The van der Waals surface area contributed by atoms with E-state index in [0.29, 0.717) is 13.1 Å². The normalized spacial score (nSPS) is 13.8. The second-order valence-corrected chi connectivity index (χ2v) is 2.72. The first-order valence-electron chi connectivity index (χ1n) is 4.29. The molecule has 3 N–H and O–H groups in total. The van der Waals surface area contributed by atoms with Gasteiger partial charge in [0.2, 0.25) is 0 Å². The van der Waals surface area contributed by atoms with Crippen LogP contribution < -0.4 is 15.9 Å². The summed E-state index contributed by atoms with van der Waals surface area (Å²) in [7, 11) is -0.186. The van der Waals surface area contributed by atoms with Gasteiger partial charge < -0.3 is 25.4 Å². The molecule has 0 unspecified atom stereocenters. The predicted molar refractivity (Wildman–Crippen MR) is 50.5 cm³/mol. The lowest BCUT2D eigenvalue weighted by molar-refractivity contribution is 0.211. The first-order chi connectivity index (χ1) is 7.24. The number of amides is 4. The summed E-state index contributed by atoms with van der Waals surface area (Å²) in [6.07, 6.45) is 1.41. The Morgan fingerprint density at radius 1 is 1.80 bits per heavy atom. The Balaban J connectivity index is 2.11. The van der Waals surface area contributed by atoms with Gasteiger partial charge in [-0.05, 0) is 0 Å². The molecule has 8 nitrogen and oxygen atoms in total. The number of carbonyl (C=O) groups is 2. The molecule has 4 amide bonds. The minimum Gasteiger partial charge on any atom is -0.477 e. The fourth-order valence-corrected chi connectivity index (χ4v) is 1.03. The van der Waals surface area contributed by atoms with E-state index in [2.05, 4.69) is 20.5 Å². The van der Waals surface area contributed by atoms with Gasteiger partial charge in [-0.3, -0.25) is 4.79 Å². The van der Waals surface area contributed by atoms with Crippen molar-refractivity contribution < 1.29 is 14.2 Å². The van der Waals surface area contributed by atoms with Gasteiger partial charge in [-0.15, -0.1) is 0 Å². The molecule has 1 aliphatic heterocycles. The first-order valence-corrected chi connectivity index (χ1v) is 4.29. The number of hydrogen-bond donors (Lipinski definition) is 3. The van der Waals surface area contributed by atoms with Crippen LogP contribution >= 0.6 is 0 Å². The van der Waals surface area contributed by atoms with Crippen molar-refractivity contribution in [2.75, 3.05) is 19.8 Å². The fraction of sp³-hybridized carbons (Fsp3) is 0.500. The number of carbonyl (C=O) groups excluding carboxylic acids is 2. The van der Waals surface area contributed by atoms with Gasteiger partial charge in [0.05, 0.1) is 6.67 Å². The zero-order valence-corrected chi connectivity index (χ0v) is 7.95. The van der Waals surface area contributed by atoms with E-state index in [1.54, 1.807) is 0 Å². The third kappa shape index (κ3) is 3.64. The lowest BCUT2D eigenvalue weighted by Crippen LogP contribution is -2.45. The second kappa shape index (κ2) is 5.59. The van der Waals surface area contributed by atoms with Crippen molar-refractivity contribution >= 4 is 19.7 Å². The maximum absolute atomic E-state index is 11.0. The Kier molecular flexibility index (Phi) is 4.09. The summed E-state index contributed by atoms with van der Waals surface area (Å²) in [6.45, 7) is 1.28. The fourth-order valence-electron chi connectivity index (χ4n) is 1.03. The summed E-state index contributed by atoms with van der Waals surface area (Å²) in [6, 6.07) is -0.700. The molecule has 0 atom stereocenters. The van der Waals surface area contributed by atoms with Gasteiger partial charge in [0.1, 0.15) is 0 Å². The molecule has 1 saturated heterocycles. The zero-order valence-electron chi connectivity index (χ0n) is 7.95. The number of nitrogens with zero attached hydrogens (tertiary/aromatic N) is 2. The smallest absolute Gasteiger partial charge is 0.477 e. The molecule has 15 heavy (non-hydrogen) atoms. The minimum absolute atomic E-state index is 0.129. The Morgan fingerprint density at radius 3 is 3.20 bits per heavy atom. The topological polar surface area (TPSA) is 106 Å². The minimum atomic E-state index is -0.495. The van der Waals surface area contributed by atoms with Crippen LogP contribution in [0.15, 0.2) is 0 Å². The van der Waals surface area contributed by atoms with Gasteiger partial charge in [-0.25, -0.2) is 4.79 Å². The Labute approximate surface area is 86.8 Å². The molecule has 1 heterocycles. The highest BCUT2D eigenvalue weighted by atomic mass is 16.4. The van der Waals surface area contributed by atoms with E-state index < -0.39 is 6.03 Å². The second-order valence-electron chi connectivity index (χ2n) is 2.72. The number of nitrogens with one attached hydrogen (secondary N) is 3. The molecule has 0 aromatic rings. The maximum Gasteiger partial charge on any atom is 0.477 e. The Morgan fingerprint density at radius 2 is 2.60 bits per heavy atom. The van der Waals surface area contributed by atoms with E-state index in [9.17, 15) is 9.59 Å². The largest absolute Gasteiger partial charge is 0.477 e. The number of hydrogen-bond acceptors (Lipinski definition) is 4. The number of urea groups is 2. The van der Waals surface area contributed by atoms with Crippen molar-refractivity contribution in [1.82, 2.24) is 20.8 Å². The van der Waals surface area contributed by atoms with Crippen LogP contribution in [0.25, 0.3) is 0 Å². The summed E-state index contributed by atoms with van der Waals surface area (Å²) >= 11 is 0. The number of rotatable bonds is 4. The quantitative estimate of drug-likeness (QED) is 0.285. The Bertz CT molecular complexity index is 291. The van der Waals surface area contributed by atoms with Crippen LogP contribution in [0.5, 0.6) is 0 Å². The van der Waals surface area contributed by atoms with Crippen molar-refractivity contribution in [2.24, 2.45) is 0 Å². The lowest BCUT2D eigenvalue weighted by Gasteiger charge is -2.14. The van der Waals surface area contributed by atoms with Gasteiger partial charge in [0.25, 0.3) is 6.26 Å². The van der Waals surface area contributed by atoms with Crippen molar-refractivity contribution in [2.45, 2.75) is 0 Å². The molecule has 0 radical (unpaired) electrons. The number of nitriles is 1. The van der Waals surface area contributed by atoms with Crippen LogP contribution in [0.4, 0.5) is 9.59 Å². The van der Waals surface area contributed by atoms with Crippen molar-refractivity contribution in [3.8, 4) is 6.26 Å². The molecule has 0 spiro atoms. The average Bonchev–Trinajstić information content (AvgIpc) is 2.61. The van der Waals surface area contributed by atoms with E-state index in [0.717, 1.165) is 0 Å². The molecule has 80 valence electrons. The van der Waals surface area contributed by atoms with Crippen molar-refractivity contribution in [1.29, 1.82) is 5.26 Å². The third-order valence-corrected chi connectivity index (χ3v) is 1.75. The van der Waals surface area contributed by atoms with Crippen LogP contribution in [-0.2, 0) is 4.65 Å². The van der Waals surface area contributed by atoms with E-state index in [1.165, 1.54) is 11.2 Å². The van der Waals surface area contributed by atoms with E-state index in [4.69, 9.17) is 5.26 Å². The molecule has 0 aromatic heterocycles. The summed E-state index contributed by atoms with van der Waals surface area (Å²) in [5.41, 5.74) is 0. The molecule has 0 aliphatic carbocycles. The molecular formula is C6H10BN5O3. The summed E-state index contributed by atoms with van der Waals surface area (Å²) < 4.78 is 4.24. The van der Waals surface area contributed by atoms with E-state index in [-0.39, 0.29) is 20.3 Å². The van der Waals surface area contributed by atoms with Crippen LogP contribution in [0.2, 0.25) is 0 Å². The average molecular weight is 211 g/mol. The molecule has 9 heteroatoms. The van der Waals surface area contributed by atoms with Gasteiger partial charge >= 0.3 is 19.7 Å². The highest BCUT2D eigenvalue weighted by molar-refractivity contribution is 6.29. The van der Waals surface area contributed by atoms with Gasteiger partial charge in [-0.1, -0.05) is 0 Å². The van der Waals surface area contributed by atoms with Crippen LogP contribution in [0, 0.1) is 11.5 Å². The Hall–Kier alpha value is -2.11.